The first-order valence-electron chi connectivity index (χ1n) is 6.42. The SMILES string of the molecule is COC(=O)C1(N)CC1c1ccc2c(c1)OCCCO2. The zero-order valence-electron chi connectivity index (χ0n) is 10.8. The van der Waals surface area contributed by atoms with Crippen LogP contribution in [0.4, 0.5) is 0 Å². The number of methoxy groups -OCH3 is 1. The van der Waals surface area contributed by atoms with Gasteiger partial charge in [-0.1, -0.05) is 6.07 Å². The van der Waals surface area contributed by atoms with E-state index in [1.54, 1.807) is 0 Å². The second-order valence-corrected chi connectivity index (χ2v) is 5.05. The third-order valence-electron chi connectivity index (χ3n) is 3.74. The monoisotopic (exact) mass is 263 g/mol. The Balaban J connectivity index is 1.84. The molecule has 1 fully saturated rings. The minimum atomic E-state index is -0.880. The molecule has 19 heavy (non-hydrogen) atoms. The predicted octanol–water partition coefficient (Wildman–Crippen LogP) is 1.21. The third kappa shape index (κ3) is 2.04. The molecule has 2 N–H and O–H groups in total. The molecule has 1 aliphatic carbocycles. The number of carbonyl (C=O) groups excluding carboxylic acids is 1. The van der Waals surface area contributed by atoms with Crippen molar-refractivity contribution in [2.24, 2.45) is 5.73 Å². The minimum Gasteiger partial charge on any atom is -0.490 e. The molecule has 0 amide bonds. The van der Waals surface area contributed by atoms with Gasteiger partial charge in [0.2, 0.25) is 0 Å². The largest absolute Gasteiger partial charge is 0.490 e. The molecule has 3 rings (SSSR count). The van der Waals surface area contributed by atoms with E-state index in [1.807, 2.05) is 18.2 Å². The minimum absolute atomic E-state index is 0.00268. The average Bonchev–Trinajstić information content (AvgIpc) is 3.16. The van der Waals surface area contributed by atoms with Gasteiger partial charge in [-0.2, -0.15) is 0 Å². The van der Waals surface area contributed by atoms with Crippen LogP contribution in [0.3, 0.4) is 0 Å². The van der Waals surface area contributed by atoms with E-state index in [-0.39, 0.29) is 11.9 Å². The van der Waals surface area contributed by atoms with Gasteiger partial charge < -0.3 is 19.9 Å². The first-order chi connectivity index (χ1) is 9.15. The molecule has 0 radical (unpaired) electrons. The Hall–Kier alpha value is -1.75. The van der Waals surface area contributed by atoms with Crippen molar-refractivity contribution in [1.29, 1.82) is 0 Å². The number of nitrogens with two attached hydrogens (primary N) is 1. The molecule has 0 aromatic heterocycles. The van der Waals surface area contributed by atoms with Gasteiger partial charge in [-0.05, 0) is 24.1 Å². The highest BCUT2D eigenvalue weighted by Gasteiger charge is 2.59. The van der Waals surface area contributed by atoms with Crippen LogP contribution in [0.5, 0.6) is 11.5 Å². The van der Waals surface area contributed by atoms with Crippen LogP contribution in [0.1, 0.15) is 24.3 Å². The highest BCUT2D eigenvalue weighted by molar-refractivity contribution is 5.86. The van der Waals surface area contributed by atoms with Crippen LogP contribution in [0.25, 0.3) is 0 Å². The number of carbonyl (C=O) groups is 1. The average molecular weight is 263 g/mol. The number of hydrogen-bond donors (Lipinski definition) is 1. The first kappa shape index (κ1) is 12.3. The lowest BCUT2D eigenvalue weighted by molar-refractivity contribution is -0.143. The Bertz CT molecular complexity index is 516. The molecule has 5 nitrogen and oxygen atoms in total. The molecule has 0 bridgehead atoms. The van der Waals surface area contributed by atoms with Crippen LogP contribution in [-0.2, 0) is 9.53 Å². The summed E-state index contributed by atoms with van der Waals surface area (Å²) in [6.45, 7) is 1.31. The van der Waals surface area contributed by atoms with E-state index in [2.05, 4.69) is 0 Å². The molecule has 5 heteroatoms. The van der Waals surface area contributed by atoms with Crippen LogP contribution < -0.4 is 15.2 Å². The van der Waals surface area contributed by atoms with Gasteiger partial charge in [0, 0.05) is 12.3 Å². The maximum absolute atomic E-state index is 11.6. The van der Waals surface area contributed by atoms with Crippen LogP contribution in [0.15, 0.2) is 18.2 Å². The van der Waals surface area contributed by atoms with Gasteiger partial charge in [-0.3, -0.25) is 4.79 Å². The van der Waals surface area contributed by atoms with Crippen LogP contribution >= 0.6 is 0 Å². The van der Waals surface area contributed by atoms with Gasteiger partial charge >= 0.3 is 5.97 Å². The summed E-state index contributed by atoms with van der Waals surface area (Å²) in [5.41, 5.74) is 6.15. The quantitative estimate of drug-likeness (QED) is 0.812. The number of fused-ring (bicyclic) bond motifs is 1. The second-order valence-electron chi connectivity index (χ2n) is 5.05. The molecule has 1 heterocycles. The lowest BCUT2D eigenvalue weighted by Crippen LogP contribution is -2.35. The Morgan fingerprint density at radius 2 is 2.11 bits per heavy atom. The molecule has 0 saturated heterocycles. The molecule has 0 spiro atoms. The number of benzene rings is 1. The van der Waals surface area contributed by atoms with E-state index in [0.717, 1.165) is 23.5 Å². The van der Waals surface area contributed by atoms with Gasteiger partial charge in [0.05, 0.1) is 20.3 Å². The van der Waals surface area contributed by atoms with Gasteiger partial charge in [0.15, 0.2) is 11.5 Å². The van der Waals surface area contributed by atoms with Gasteiger partial charge in [0.25, 0.3) is 0 Å². The number of ether oxygens (including phenoxy) is 3. The summed E-state index contributed by atoms with van der Waals surface area (Å²) in [6.07, 6.45) is 1.48. The Labute approximate surface area is 111 Å². The van der Waals surface area contributed by atoms with E-state index in [1.165, 1.54) is 7.11 Å². The highest BCUT2D eigenvalue weighted by atomic mass is 16.5. The molecule has 2 unspecified atom stereocenters. The molecule has 1 aromatic rings. The number of hydrogen-bond acceptors (Lipinski definition) is 5. The molecule has 2 atom stereocenters. The van der Waals surface area contributed by atoms with Crippen molar-refractivity contribution in [2.45, 2.75) is 24.3 Å². The Morgan fingerprint density at radius 3 is 2.84 bits per heavy atom. The number of rotatable bonds is 2. The van der Waals surface area contributed by atoms with Crippen molar-refractivity contribution in [3.05, 3.63) is 23.8 Å². The fourth-order valence-corrected chi connectivity index (χ4v) is 2.51. The summed E-state index contributed by atoms with van der Waals surface area (Å²) in [6, 6.07) is 5.74. The second kappa shape index (κ2) is 4.42. The van der Waals surface area contributed by atoms with Crippen LogP contribution in [0.2, 0.25) is 0 Å². The van der Waals surface area contributed by atoms with Gasteiger partial charge in [0.1, 0.15) is 5.54 Å². The van der Waals surface area contributed by atoms with E-state index in [0.29, 0.717) is 19.6 Å². The predicted molar refractivity (Wildman–Crippen MR) is 68.3 cm³/mol. The Kier molecular flexibility index (Phi) is 2.86. The fraction of sp³-hybridized carbons (Fsp3) is 0.500. The summed E-state index contributed by atoms with van der Waals surface area (Å²) in [5, 5.41) is 0. The van der Waals surface area contributed by atoms with Gasteiger partial charge in [-0.15, -0.1) is 0 Å². The summed E-state index contributed by atoms with van der Waals surface area (Å²) in [5.74, 6) is 1.12. The zero-order chi connectivity index (χ0) is 13.5. The maximum Gasteiger partial charge on any atom is 0.326 e. The topological polar surface area (TPSA) is 70.8 Å². The van der Waals surface area contributed by atoms with Gasteiger partial charge in [-0.25, -0.2) is 0 Å². The smallest absolute Gasteiger partial charge is 0.326 e. The van der Waals surface area contributed by atoms with E-state index < -0.39 is 5.54 Å². The molecular formula is C14H17NO4. The van der Waals surface area contributed by atoms with Crippen molar-refractivity contribution in [3.63, 3.8) is 0 Å². The van der Waals surface area contributed by atoms with Crippen molar-refractivity contribution >= 4 is 5.97 Å². The van der Waals surface area contributed by atoms with E-state index in [4.69, 9.17) is 19.9 Å². The first-order valence-corrected chi connectivity index (χ1v) is 6.42. The molecular weight excluding hydrogens is 246 g/mol. The lowest BCUT2D eigenvalue weighted by Gasteiger charge is -2.11. The summed E-state index contributed by atoms with van der Waals surface area (Å²) in [4.78, 5) is 11.6. The van der Waals surface area contributed by atoms with Crippen molar-refractivity contribution in [3.8, 4) is 11.5 Å². The maximum atomic E-state index is 11.6. The third-order valence-corrected chi connectivity index (χ3v) is 3.74. The summed E-state index contributed by atoms with van der Waals surface area (Å²) < 4.78 is 16.0. The highest BCUT2D eigenvalue weighted by Crippen LogP contribution is 2.51. The lowest BCUT2D eigenvalue weighted by atomic mass is 10.1. The van der Waals surface area contributed by atoms with Crippen molar-refractivity contribution in [2.75, 3.05) is 20.3 Å². The summed E-state index contributed by atoms with van der Waals surface area (Å²) in [7, 11) is 1.36. The zero-order valence-corrected chi connectivity index (χ0v) is 10.8. The van der Waals surface area contributed by atoms with Crippen molar-refractivity contribution in [1.82, 2.24) is 0 Å². The summed E-state index contributed by atoms with van der Waals surface area (Å²) >= 11 is 0. The number of esters is 1. The van der Waals surface area contributed by atoms with Crippen LogP contribution in [-0.4, -0.2) is 31.8 Å². The molecule has 102 valence electrons. The normalized spacial score (nSPS) is 28.4. The fourth-order valence-electron chi connectivity index (χ4n) is 2.51. The molecule has 1 aliphatic heterocycles. The molecule has 1 aromatic carbocycles. The van der Waals surface area contributed by atoms with Crippen molar-refractivity contribution < 1.29 is 19.0 Å². The van der Waals surface area contributed by atoms with E-state index in [9.17, 15) is 4.79 Å². The standard InChI is InChI=1S/C14H17NO4/c1-17-13(16)14(15)8-10(14)9-3-4-11-12(7-9)19-6-2-5-18-11/h3-4,7,10H,2,5-6,8,15H2,1H3. The molecule has 2 aliphatic rings. The Morgan fingerprint density at radius 1 is 1.37 bits per heavy atom. The van der Waals surface area contributed by atoms with Crippen LogP contribution in [0, 0.1) is 0 Å². The van der Waals surface area contributed by atoms with E-state index >= 15 is 0 Å². The molecule has 1 saturated carbocycles.